The Kier molecular flexibility index (Phi) is 3.24. The Balaban J connectivity index is 2.06. The van der Waals surface area contributed by atoms with Crippen molar-refractivity contribution in [3.8, 4) is 0 Å². The minimum absolute atomic E-state index is 0.00671. The Morgan fingerprint density at radius 3 is 2.67 bits per heavy atom. The van der Waals surface area contributed by atoms with E-state index in [4.69, 9.17) is 4.74 Å². The summed E-state index contributed by atoms with van der Waals surface area (Å²) in [6, 6.07) is 0.00671. The highest BCUT2D eigenvalue weighted by Crippen LogP contribution is 2.33. The van der Waals surface area contributed by atoms with Gasteiger partial charge in [-0.3, -0.25) is 14.9 Å². The SMILES string of the molecule is Cc1cncc(C2CCN2C(=O)OC(C)(C)C)n1. The van der Waals surface area contributed by atoms with E-state index in [0.29, 0.717) is 0 Å². The molecule has 0 aliphatic carbocycles. The Bertz CT molecular complexity index is 454. The van der Waals surface area contributed by atoms with Gasteiger partial charge in [-0.15, -0.1) is 0 Å². The van der Waals surface area contributed by atoms with Crippen molar-refractivity contribution in [3.63, 3.8) is 0 Å². The van der Waals surface area contributed by atoms with Crippen LogP contribution in [0.25, 0.3) is 0 Å². The first-order valence-corrected chi connectivity index (χ1v) is 6.15. The second kappa shape index (κ2) is 4.55. The van der Waals surface area contributed by atoms with Crippen LogP contribution in [0.5, 0.6) is 0 Å². The van der Waals surface area contributed by atoms with Crippen molar-refractivity contribution in [3.05, 3.63) is 23.8 Å². The number of likely N-dealkylation sites (tertiary alicyclic amines) is 1. The monoisotopic (exact) mass is 249 g/mol. The molecular formula is C13H19N3O2. The van der Waals surface area contributed by atoms with Crippen LogP contribution < -0.4 is 0 Å². The predicted molar refractivity (Wildman–Crippen MR) is 67.1 cm³/mol. The minimum Gasteiger partial charge on any atom is -0.444 e. The molecule has 98 valence electrons. The van der Waals surface area contributed by atoms with Gasteiger partial charge in [-0.2, -0.15) is 0 Å². The zero-order chi connectivity index (χ0) is 13.3. The standard InChI is InChI=1S/C13H19N3O2/c1-9-7-14-8-10(15-9)11-5-6-16(11)12(17)18-13(2,3)4/h7-8,11H,5-6H2,1-4H3. The first-order valence-electron chi connectivity index (χ1n) is 6.15. The van der Waals surface area contributed by atoms with Crippen LogP contribution in [0.3, 0.4) is 0 Å². The van der Waals surface area contributed by atoms with Crippen LogP contribution in [0.1, 0.15) is 44.6 Å². The van der Waals surface area contributed by atoms with Gasteiger partial charge in [0.25, 0.3) is 0 Å². The number of amides is 1. The molecule has 0 saturated carbocycles. The minimum atomic E-state index is -0.463. The van der Waals surface area contributed by atoms with E-state index >= 15 is 0 Å². The van der Waals surface area contributed by atoms with Gasteiger partial charge in [0, 0.05) is 12.7 Å². The summed E-state index contributed by atoms with van der Waals surface area (Å²) in [6.45, 7) is 8.21. The molecular weight excluding hydrogens is 230 g/mol. The van der Waals surface area contributed by atoms with Crippen LogP contribution in [-0.4, -0.2) is 33.1 Å². The number of carbonyl (C=O) groups is 1. The second-order valence-electron chi connectivity index (χ2n) is 5.56. The van der Waals surface area contributed by atoms with Gasteiger partial charge in [-0.25, -0.2) is 4.79 Å². The number of rotatable bonds is 1. The summed E-state index contributed by atoms with van der Waals surface area (Å²) in [4.78, 5) is 22.2. The highest BCUT2D eigenvalue weighted by atomic mass is 16.6. The molecule has 1 atom stereocenters. The largest absolute Gasteiger partial charge is 0.444 e. The Morgan fingerprint density at radius 2 is 2.17 bits per heavy atom. The topological polar surface area (TPSA) is 55.3 Å². The number of ether oxygens (including phenoxy) is 1. The van der Waals surface area contributed by atoms with Crippen molar-refractivity contribution in [1.82, 2.24) is 14.9 Å². The van der Waals surface area contributed by atoms with Crippen molar-refractivity contribution in [2.24, 2.45) is 0 Å². The smallest absolute Gasteiger partial charge is 0.410 e. The number of aryl methyl sites for hydroxylation is 1. The molecule has 5 nitrogen and oxygen atoms in total. The molecule has 18 heavy (non-hydrogen) atoms. The average molecular weight is 249 g/mol. The van der Waals surface area contributed by atoms with E-state index in [2.05, 4.69) is 9.97 Å². The fourth-order valence-electron chi connectivity index (χ4n) is 1.88. The molecule has 1 aliphatic rings. The molecule has 0 radical (unpaired) electrons. The van der Waals surface area contributed by atoms with Crippen LogP contribution in [0.2, 0.25) is 0 Å². The molecule has 5 heteroatoms. The summed E-state index contributed by atoms with van der Waals surface area (Å²) in [6.07, 6.45) is 4.06. The van der Waals surface area contributed by atoms with Gasteiger partial charge in [-0.05, 0) is 34.1 Å². The molecule has 0 N–H and O–H groups in total. The first kappa shape index (κ1) is 12.8. The Morgan fingerprint density at radius 1 is 1.44 bits per heavy atom. The maximum atomic E-state index is 12.0. The Hall–Kier alpha value is -1.65. The highest BCUT2D eigenvalue weighted by molar-refractivity contribution is 5.69. The van der Waals surface area contributed by atoms with Gasteiger partial charge in [0.05, 0.1) is 23.6 Å². The highest BCUT2D eigenvalue weighted by Gasteiger charge is 2.37. The summed E-state index contributed by atoms with van der Waals surface area (Å²) < 4.78 is 5.36. The lowest BCUT2D eigenvalue weighted by Crippen LogP contribution is -2.47. The Labute approximate surface area is 107 Å². The quantitative estimate of drug-likeness (QED) is 0.767. The molecule has 1 fully saturated rings. The normalized spacial score (nSPS) is 19.3. The molecule has 1 amide bonds. The van der Waals surface area contributed by atoms with Gasteiger partial charge in [0.15, 0.2) is 0 Å². The van der Waals surface area contributed by atoms with E-state index in [1.807, 2.05) is 27.7 Å². The molecule has 0 aromatic carbocycles. The van der Waals surface area contributed by atoms with Crippen molar-refractivity contribution in [2.75, 3.05) is 6.54 Å². The van der Waals surface area contributed by atoms with Gasteiger partial charge >= 0.3 is 6.09 Å². The number of nitrogens with zero attached hydrogens (tertiary/aromatic N) is 3. The van der Waals surface area contributed by atoms with E-state index in [1.54, 1.807) is 17.3 Å². The molecule has 0 spiro atoms. The third kappa shape index (κ3) is 2.78. The number of carbonyl (C=O) groups excluding carboxylic acids is 1. The van der Waals surface area contributed by atoms with Gasteiger partial charge in [0.1, 0.15) is 5.60 Å². The van der Waals surface area contributed by atoms with Gasteiger partial charge in [-0.1, -0.05) is 0 Å². The average Bonchev–Trinajstić information content (AvgIpc) is 2.12. The molecule has 1 unspecified atom stereocenters. The molecule has 0 bridgehead atoms. The lowest BCUT2D eigenvalue weighted by Gasteiger charge is -2.40. The van der Waals surface area contributed by atoms with E-state index in [1.165, 1.54) is 0 Å². The second-order valence-corrected chi connectivity index (χ2v) is 5.56. The fraction of sp³-hybridized carbons (Fsp3) is 0.615. The molecule has 1 saturated heterocycles. The van der Waals surface area contributed by atoms with Crippen LogP contribution in [0, 0.1) is 6.92 Å². The van der Waals surface area contributed by atoms with Gasteiger partial charge < -0.3 is 4.74 Å². The predicted octanol–water partition coefficient (Wildman–Crippen LogP) is 2.47. The molecule has 1 aromatic rings. The van der Waals surface area contributed by atoms with Crippen LogP contribution >= 0.6 is 0 Å². The zero-order valence-corrected chi connectivity index (χ0v) is 11.3. The molecule has 2 heterocycles. The third-order valence-corrected chi connectivity index (χ3v) is 2.76. The van der Waals surface area contributed by atoms with Crippen molar-refractivity contribution < 1.29 is 9.53 Å². The first-order chi connectivity index (χ1) is 8.37. The van der Waals surface area contributed by atoms with Gasteiger partial charge in [0.2, 0.25) is 0 Å². The van der Waals surface area contributed by atoms with Crippen LogP contribution in [0.15, 0.2) is 12.4 Å². The van der Waals surface area contributed by atoms with E-state index < -0.39 is 5.60 Å². The summed E-state index contributed by atoms with van der Waals surface area (Å²) >= 11 is 0. The third-order valence-electron chi connectivity index (χ3n) is 2.76. The van der Waals surface area contributed by atoms with E-state index in [9.17, 15) is 4.79 Å². The van der Waals surface area contributed by atoms with Crippen LogP contribution in [0.4, 0.5) is 4.79 Å². The van der Waals surface area contributed by atoms with Crippen molar-refractivity contribution >= 4 is 6.09 Å². The van der Waals surface area contributed by atoms with E-state index in [-0.39, 0.29) is 12.1 Å². The van der Waals surface area contributed by atoms with Crippen molar-refractivity contribution in [2.45, 2.75) is 45.8 Å². The molecule has 1 aromatic heterocycles. The summed E-state index contributed by atoms with van der Waals surface area (Å²) in [5, 5.41) is 0. The van der Waals surface area contributed by atoms with Crippen molar-refractivity contribution in [1.29, 1.82) is 0 Å². The number of aromatic nitrogens is 2. The zero-order valence-electron chi connectivity index (χ0n) is 11.3. The van der Waals surface area contributed by atoms with Crippen LogP contribution in [-0.2, 0) is 4.74 Å². The maximum Gasteiger partial charge on any atom is 0.410 e. The number of hydrogen-bond acceptors (Lipinski definition) is 4. The lowest BCUT2D eigenvalue weighted by atomic mass is 10.0. The lowest BCUT2D eigenvalue weighted by molar-refractivity contribution is -0.00661. The maximum absolute atomic E-state index is 12.0. The summed E-state index contributed by atoms with van der Waals surface area (Å²) in [5.74, 6) is 0. The molecule has 1 aliphatic heterocycles. The summed E-state index contributed by atoms with van der Waals surface area (Å²) in [5.41, 5.74) is 1.24. The summed E-state index contributed by atoms with van der Waals surface area (Å²) in [7, 11) is 0. The molecule has 2 rings (SSSR count). The fourth-order valence-corrected chi connectivity index (χ4v) is 1.88. The van der Waals surface area contributed by atoms with E-state index in [0.717, 1.165) is 24.4 Å². The number of hydrogen-bond donors (Lipinski definition) is 0.